The van der Waals surface area contributed by atoms with Crippen LogP contribution in [0.5, 0.6) is 0 Å². The second-order valence-corrected chi connectivity index (χ2v) is 1.94. The van der Waals surface area contributed by atoms with Crippen molar-refractivity contribution in [3.05, 3.63) is 6.26 Å². The van der Waals surface area contributed by atoms with Gasteiger partial charge in [-0.1, -0.05) is 0 Å². The van der Waals surface area contributed by atoms with Crippen molar-refractivity contribution in [2.45, 2.75) is 12.5 Å². The highest BCUT2D eigenvalue weighted by atomic mass is 16.5. The molecule has 0 aromatic rings. The minimum Gasteiger partial charge on any atom is -0.477 e. The minimum atomic E-state index is -0.485. The maximum Gasteiger partial charge on any atom is 0.261 e. The molecule has 1 N–H and O–H groups in total. The Morgan fingerprint density at radius 2 is 2.60 bits per heavy atom. The van der Waals surface area contributed by atoms with Gasteiger partial charge in [0.2, 0.25) is 0 Å². The fraction of sp³-hybridized carbons (Fsp3) is 0.500. The molecule has 54 valence electrons. The summed E-state index contributed by atoms with van der Waals surface area (Å²) in [5.41, 5.74) is 0. The molecule has 0 radical (unpaired) electrons. The summed E-state index contributed by atoms with van der Waals surface area (Å²) in [6, 6.07) is 0. The molecule has 0 saturated carbocycles. The maximum absolute atomic E-state index is 10.7. The SMILES string of the molecule is O=C=COC1CCNC1=O. The third kappa shape index (κ3) is 1.36. The smallest absolute Gasteiger partial charge is 0.261 e. The number of ether oxygens (including phenoxy) is 1. The molecule has 4 nitrogen and oxygen atoms in total. The Morgan fingerprint density at radius 1 is 1.80 bits per heavy atom. The predicted octanol–water partition coefficient (Wildman–Crippen LogP) is -0.763. The normalized spacial score (nSPS) is 23.2. The monoisotopic (exact) mass is 141 g/mol. The van der Waals surface area contributed by atoms with Gasteiger partial charge in [0, 0.05) is 13.0 Å². The molecular weight excluding hydrogens is 134 g/mol. The van der Waals surface area contributed by atoms with Crippen LogP contribution < -0.4 is 5.32 Å². The first-order chi connectivity index (χ1) is 4.84. The summed E-state index contributed by atoms with van der Waals surface area (Å²) >= 11 is 0. The zero-order valence-electron chi connectivity index (χ0n) is 5.29. The second kappa shape index (κ2) is 3.03. The van der Waals surface area contributed by atoms with Crippen LogP contribution in [0.1, 0.15) is 6.42 Å². The number of carbonyl (C=O) groups is 1. The van der Waals surface area contributed by atoms with E-state index in [1.165, 1.54) is 5.94 Å². The van der Waals surface area contributed by atoms with Gasteiger partial charge in [0.25, 0.3) is 5.91 Å². The van der Waals surface area contributed by atoms with Crippen LogP contribution in [0.15, 0.2) is 6.26 Å². The van der Waals surface area contributed by atoms with Gasteiger partial charge in [-0.15, -0.1) is 0 Å². The first-order valence-corrected chi connectivity index (χ1v) is 2.97. The van der Waals surface area contributed by atoms with E-state index in [4.69, 9.17) is 4.74 Å². The number of carbonyl (C=O) groups excluding carboxylic acids is 2. The Labute approximate surface area is 57.9 Å². The lowest BCUT2D eigenvalue weighted by Crippen LogP contribution is -2.23. The molecule has 1 fully saturated rings. The summed E-state index contributed by atoms with van der Waals surface area (Å²) in [7, 11) is 0. The van der Waals surface area contributed by atoms with Crippen LogP contribution in [0, 0.1) is 0 Å². The fourth-order valence-corrected chi connectivity index (χ4v) is 0.811. The lowest BCUT2D eigenvalue weighted by Gasteiger charge is -2.02. The first kappa shape index (κ1) is 6.83. The average molecular weight is 141 g/mol. The van der Waals surface area contributed by atoms with E-state index in [-0.39, 0.29) is 5.91 Å². The molecule has 1 heterocycles. The molecule has 4 heteroatoms. The topological polar surface area (TPSA) is 55.4 Å². The van der Waals surface area contributed by atoms with Crippen molar-refractivity contribution in [2.24, 2.45) is 0 Å². The molecule has 1 atom stereocenters. The third-order valence-corrected chi connectivity index (χ3v) is 1.28. The highest BCUT2D eigenvalue weighted by Gasteiger charge is 2.24. The van der Waals surface area contributed by atoms with Gasteiger partial charge in [0.1, 0.15) is 0 Å². The molecule has 1 unspecified atom stereocenters. The van der Waals surface area contributed by atoms with Crippen molar-refractivity contribution < 1.29 is 14.3 Å². The van der Waals surface area contributed by atoms with Gasteiger partial charge < -0.3 is 10.1 Å². The summed E-state index contributed by atoms with van der Waals surface area (Å²) in [6.45, 7) is 0.621. The molecule has 1 rings (SSSR count). The largest absolute Gasteiger partial charge is 0.477 e. The van der Waals surface area contributed by atoms with E-state index in [1.54, 1.807) is 0 Å². The number of hydrogen-bond donors (Lipinski definition) is 1. The van der Waals surface area contributed by atoms with Crippen LogP contribution in [-0.4, -0.2) is 24.5 Å². The third-order valence-electron chi connectivity index (χ3n) is 1.28. The van der Waals surface area contributed by atoms with Gasteiger partial charge in [0.05, 0.1) is 0 Å². The highest BCUT2D eigenvalue weighted by molar-refractivity contribution is 5.82. The molecule has 0 aromatic carbocycles. The maximum atomic E-state index is 10.7. The Morgan fingerprint density at radius 3 is 3.10 bits per heavy atom. The molecule has 0 spiro atoms. The lowest BCUT2D eigenvalue weighted by molar-refractivity contribution is -0.126. The van der Waals surface area contributed by atoms with Crippen molar-refractivity contribution in [2.75, 3.05) is 6.54 Å². The molecule has 10 heavy (non-hydrogen) atoms. The molecule has 0 aliphatic carbocycles. The van der Waals surface area contributed by atoms with E-state index in [1.807, 2.05) is 0 Å². The van der Waals surface area contributed by atoms with Crippen molar-refractivity contribution in [1.82, 2.24) is 5.32 Å². The second-order valence-electron chi connectivity index (χ2n) is 1.94. The number of nitrogens with one attached hydrogen (secondary N) is 1. The van der Waals surface area contributed by atoms with Crippen LogP contribution in [0.3, 0.4) is 0 Å². The van der Waals surface area contributed by atoms with Gasteiger partial charge in [-0.25, -0.2) is 4.79 Å². The van der Waals surface area contributed by atoms with Crippen molar-refractivity contribution in [3.8, 4) is 0 Å². The summed E-state index contributed by atoms with van der Waals surface area (Å²) in [5, 5.41) is 2.56. The lowest BCUT2D eigenvalue weighted by atomic mass is 10.3. The summed E-state index contributed by atoms with van der Waals surface area (Å²) < 4.78 is 4.70. The van der Waals surface area contributed by atoms with Gasteiger partial charge in [-0.2, -0.15) is 0 Å². The van der Waals surface area contributed by atoms with Gasteiger partial charge in [-0.05, 0) is 0 Å². The first-order valence-electron chi connectivity index (χ1n) is 2.97. The van der Waals surface area contributed by atoms with E-state index in [0.29, 0.717) is 13.0 Å². The summed E-state index contributed by atoms with van der Waals surface area (Å²) in [4.78, 5) is 20.3. The van der Waals surface area contributed by atoms with Gasteiger partial charge >= 0.3 is 0 Å². The summed E-state index contributed by atoms with van der Waals surface area (Å²) in [6.07, 6.45) is 1.01. The quantitative estimate of drug-likeness (QED) is 0.406. The molecule has 0 bridgehead atoms. The number of rotatable bonds is 2. The van der Waals surface area contributed by atoms with Crippen LogP contribution in [0.2, 0.25) is 0 Å². The summed E-state index contributed by atoms with van der Waals surface area (Å²) in [5.74, 6) is 1.28. The molecule has 1 aliphatic rings. The van der Waals surface area contributed by atoms with E-state index in [9.17, 15) is 9.59 Å². The number of hydrogen-bond acceptors (Lipinski definition) is 3. The van der Waals surface area contributed by atoms with E-state index < -0.39 is 6.10 Å². The Bertz CT molecular complexity index is 183. The standard InChI is InChI=1S/C6H7NO3/c8-3-4-10-5-1-2-7-6(5)9/h4-5H,1-2H2,(H,7,9). The van der Waals surface area contributed by atoms with Crippen LogP contribution >= 0.6 is 0 Å². The fourth-order valence-electron chi connectivity index (χ4n) is 0.811. The molecule has 1 saturated heterocycles. The van der Waals surface area contributed by atoms with Crippen LogP contribution in [-0.2, 0) is 14.3 Å². The Balaban J connectivity index is 2.40. The van der Waals surface area contributed by atoms with Crippen molar-refractivity contribution in [1.29, 1.82) is 0 Å². The van der Waals surface area contributed by atoms with Crippen LogP contribution in [0.4, 0.5) is 0 Å². The van der Waals surface area contributed by atoms with Crippen molar-refractivity contribution >= 4 is 11.8 Å². The van der Waals surface area contributed by atoms with E-state index in [0.717, 1.165) is 6.26 Å². The average Bonchev–Trinajstić information content (AvgIpc) is 2.31. The molecule has 1 aliphatic heterocycles. The van der Waals surface area contributed by atoms with E-state index >= 15 is 0 Å². The molecule has 0 aromatic heterocycles. The van der Waals surface area contributed by atoms with Gasteiger partial charge in [0.15, 0.2) is 18.3 Å². The molecular formula is C6H7NO3. The molecule has 1 amide bonds. The van der Waals surface area contributed by atoms with Gasteiger partial charge in [-0.3, -0.25) is 4.79 Å². The predicted molar refractivity (Wildman–Crippen MR) is 32.8 cm³/mol. The highest BCUT2D eigenvalue weighted by Crippen LogP contribution is 2.03. The van der Waals surface area contributed by atoms with E-state index in [2.05, 4.69) is 5.32 Å². The Hall–Kier alpha value is -1.28. The Kier molecular flexibility index (Phi) is 2.07. The van der Waals surface area contributed by atoms with Crippen LogP contribution in [0.25, 0.3) is 0 Å². The zero-order chi connectivity index (χ0) is 7.40. The minimum absolute atomic E-state index is 0.161. The van der Waals surface area contributed by atoms with Crippen molar-refractivity contribution in [3.63, 3.8) is 0 Å². The zero-order valence-corrected chi connectivity index (χ0v) is 5.29. The number of amides is 1.